The van der Waals surface area contributed by atoms with Crippen LogP contribution in [0, 0.1) is 11.3 Å². The Morgan fingerprint density at radius 1 is 0.241 bits per heavy atom. The summed E-state index contributed by atoms with van der Waals surface area (Å²) in [7, 11) is -21.1. The van der Waals surface area contributed by atoms with Crippen molar-refractivity contribution < 1.29 is 127 Å². The lowest BCUT2D eigenvalue weighted by atomic mass is 9.80. The lowest BCUT2D eigenvalue weighted by Crippen LogP contribution is -2.11. The molecule has 0 bridgehead atoms. The van der Waals surface area contributed by atoms with Crippen molar-refractivity contribution in [1.29, 1.82) is 5.26 Å². The van der Waals surface area contributed by atoms with Crippen molar-refractivity contribution in [2.45, 2.75) is 150 Å². The minimum absolute atomic E-state index is 0.0137. The Kier molecular flexibility index (Phi) is 26.2. The molecule has 4 heterocycles. The Morgan fingerprint density at radius 2 is 0.434 bits per heavy atom. The highest BCUT2D eigenvalue weighted by atomic mass is 31.2. The van der Waals surface area contributed by atoms with Gasteiger partial charge in [0, 0.05) is 95.9 Å². The molecule has 0 spiro atoms. The first-order valence-electron chi connectivity index (χ1n) is 46.1. The molecule has 16 aromatic carbocycles. The van der Waals surface area contributed by atoms with Gasteiger partial charge in [-0.3, -0.25) is 19.6 Å². The number of hydrogen-bond donors (Lipinski definition) is 4. The second-order valence-electron chi connectivity index (χ2n) is 37.6. The molecule has 0 saturated heterocycles. The van der Waals surface area contributed by atoms with Gasteiger partial charge in [-0.1, -0.05) is 277 Å². The topological polar surface area (TPSA) is 247 Å². The van der Waals surface area contributed by atoms with Crippen molar-refractivity contribution in [2.75, 3.05) is 0 Å². The van der Waals surface area contributed by atoms with Crippen molar-refractivity contribution in [2.24, 2.45) is 0 Å². The maximum atomic E-state index is 14.7. The van der Waals surface area contributed by atoms with Crippen molar-refractivity contribution in [3.8, 4) is 163 Å². The zero-order valence-electron chi connectivity index (χ0n) is 79.7. The molecule has 4 N–H and O–H groups in total. The summed E-state index contributed by atoms with van der Waals surface area (Å²) in [6.07, 6.45) is -20.8. The third-order valence-corrected chi connectivity index (χ3v) is 29.3. The molecule has 17 nitrogen and oxygen atoms in total. The van der Waals surface area contributed by atoms with Crippen LogP contribution in [0.1, 0.15) is 181 Å². The maximum Gasteiger partial charge on any atom is 0.584 e. The monoisotopic (exact) mass is 2060 g/mol. The molecule has 0 aromatic heterocycles. The number of hydrogen-bond acceptors (Lipinski definition) is 13. The van der Waals surface area contributed by atoms with Crippen LogP contribution in [0.4, 0.5) is 52.7 Å². The van der Waals surface area contributed by atoms with Gasteiger partial charge in [-0.2, -0.15) is 57.9 Å². The maximum absolute atomic E-state index is 14.7. The van der Waals surface area contributed by atoms with E-state index in [1.165, 1.54) is 43.3 Å². The molecule has 33 heteroatoms. The highest BCUT2D eigenvalue weighted by Gasteiger charge is 2.47. The Balaban J connectivity index is 0.000000186. The van der Waals surface area contributed by atoms with Gasteiger partial charge in [0.2, 0.25) is 0 Å². The van der Waals surface area contributed by atoms with Crippen LogP contribution in [0.15, 0.2) is 255 Å². The van der Waals surface area contributed by atoms with E-state index >= 15 is 0 Å². The average Bonchev–Trinajstić information content (AvgIpc) is 1.64. The molecule has 4 unspecified atom stereocenters. The largest absolute Gasteiger partial charge is 0.584 e. The van der Waals surface area contributed by atoms with Gasteiger partial charge in [0.1, 0.15) is 46.0 Å². The average molecular weight is 2060 g/mol. The van der Waals surface area contributed by atoms with Gasteiger partial charge in [0.25, 0.3) is 0 Å². The van der Waals surface area contributed by atoms with Crippen LogP contribution in [0.5, 0.6) is 46.0 Å². The van der Waals surface area contributed by atoms with Gasteiger partial charge in [-0.25, -0.2) is 18.3 Å². The number of phosphoric ester groups is 4. The molecule has 20 rings (SSSR count). The number of nitrogens with zero attached hydrogens (tertiary/aromatic N) is 1. The zero-order chi connectivity index (χ0) is 104. The summed E-state index contributed by atoms with van der Waals surface area (Å²) in [5.41, 5.74) is 2.75. The number of para-hydroxylation sites is 4. The Bertz CT molecular complexity index is 7710. The van der Waals surface area contributed by atoms with Gasteiger partial charge in [0.05, 0.1) is 28.3 Å². The summed E-state index contributed by atoms with van der Waals surface area (Å²) in [4.78, 5) is 47.2. The molecular weight excluding hydrogens is 1970 g/mol. The SMILES string of the molecule is CC#N.CC(C)c1cc(C(C)C)c(-c2cccc3c2OP(=O)(O)Oc2c-3cc3ccccc3c2-c2c3c(cc4ccccc24)-c2cccc(-c4cc(C(F)(F)F)cc(C(F)(F)F)c4)c2OP(=O)(O)O3)c(C(C)C)c1.CC(C)c1cc(C(C)C)c(-c2cccc3c2OP(=O)(O)Oc2c-3cc3ccccc3c2-c2c3c(cc4ccccc24)-c2cccc(-c4cc(C(F)(F)F)cc(C(F)(F)F)c4)c2OP(=O)(O)O3)c(C(C)C)c1. The summed E-state index contributed by atoms with van der Waals surface area (Å²) < 4.78 is 277. The summed E-state index contributed by atoms with van der Waals surface area (Å²) in [5.74, 6) is -1.24. The van der Waals surface area contributed by atoms with E-state index in [0.717, 1.165) is 44.5 Å². The Labute approximate surface area is 825 Å². The lowest BCUT2D eigenvalue weighted by molar-refractivity contribution is -0.144. The number of fused-ring (bicyclic) bond motifs is 16. The highest BCUT2D eigenvalue weighted by Crippen LogP contribution is 2.69. The first-order valence-corrected chi connectivity index (χ1v) is 52.1. The van der Waals surface area contributed by atoms with Crippen LogP contribution in [-0.4, -0.2) is 19.6 Å². The van der Waals surface area contributed by atoms with E-state index in [2.05, 4.69) is 107 Å². The Morgan fingerprint density at radius 3 is 0.641 bits per heavy atom. The molecule has 0 fully saturated rings. The number of phosphoric acid groups is 4. The van der Waals surface area contributed by atoms with E-state index in [1.54, 1.807) is 127 Å². The van der Waals surface area contributed by atoms with Crippen LogP contribution in [0.2, 0.25) is 0 Å². The van der Waals surface area contributed by atoms with Crippen LogP contribution in [0.25, 0.3) is 154 Å². The molecule has 4 aliphatic heterocycles. The molecule has 0 radical (unpaired) electrons. The summed E-state index contributed by atoms with van der Waals surface area (Å²) in [6.45, 7) is 26.6. The van der Waals surface area contributed by atoms with Crippen molar-refractivity contribution in [3.05, 3.63) is 310 Å². The van der Waals surface area contributed by atoms with Gasteiger partial charge in [-0.15, -0.1) is 0 Å². The highest BCUT2D eigenvalue weighted by molar-refractivity contribution is 7.49. The number of nitriles is 1. The van der Waals surface area contributed by atoms with E-state index in [-0.39, 0.29) is 138 Å². The minimum Gasteiger partial charge on any atom is -0.394 e. The van der Waals surface area contributed by atoms with Gasteiger partial charge >= 0.3 is 56.0 Å². The first-order chi connectivity index (χ1) is 68.2. The fourth-order valence-electron chi connectivity index (χ4n) is 19.5. The predicted molar refractivity (Wildman–Crippen MR) is 537 cm³/mol. The van der Waals surface area contributed by atoms with Crippen LogP contribution in [0.3, 0.4) is 0 Å². The number of benzene rings is 16. The molecular formula is C112H91F12NO16P4. The summed E-state index contributed by atoms with van der Waals surface area (Å²) in [5, 5.41) is 11.2. The van der Waals surface area contributed by atoms with Crippen molar-refractivity contribution >= 4 is 74.4 Å². The molecule has 145 heavy (non-hydrogen) atoms. The van der Waals surface area contributed by atoms with Crippen LogP contribution in [-0.2, 0) is 43.0 Å². The van der Waals surface area contributed by atoms with E-state index < -0.39 is 101 Å². The van der Waals surface area contributed by atoms with Crippen molar-refractivity contribution in [1.82, 2.24) is 0 Å². The lowest BCUT2D eigenvalue weighted by Gasteiger charge is -2.25. The van der Waals surface area contributed by atoms with E-state index in [9.17, 15) is 90.5 Å². The molecule has 16 aromatic rings. The second kappa shape index (κ2) is 37.5. The summed E-state index contributed by atoms with van der Waals surface area (Å²) >= 11 is 0. The Hall–Kier alpha value is -13.6. The first kappa shape index (κ1) is 101. The summed E-state index contributed by atoms with van der Waals surface area (Å²) in [6, 6.07) is 65.9. The smallest absolute Gasteiger partial charge is 0.394 e. The quantitative estimate of drug-likeness (QED) is 0.0656. The standard InChI is InChI=1S/2C55H44F6O8P2.C2H3N/c2*1-28(2)33-25-43(29(3)4)47(44(26-33)30(5)6)42-20-12-19-41-46-24-32-14-8-10-16-38(32)49(53(46)69-71(64,65)67-51(41)42)48-37-15-9-7-13-31(37)23-45-40-18-11-17-39(50(40)66-70(62,63)68-52(45)48)34-21-35(54(56,57)58)27-36(22-34)55(59,60)61;1-2-3/h2*7-30H,1-6H3,(H,62,63)(H,64,65);1H3. The fraction of sp³-hybridized carbons (Fsp3) is 0.205. The normalized spacial score (nSPS) is 17.3. The number of alkyl halides is 12. The molecule has 0 aliphatic carbocycles. The van der Waals surface area contributed by atoms with Crippen LogP contribution < -0.4 is 36.2 Å². The van der Waals surface area contributed by atoms with Crippen molar-refractivity contribution in [3.63, 3.8) is 0 Å². The van der Waals surface area contributed by atoms with E-state index in [0.29, 0.717) is 101 Å². The second-order valence-corrected chi connectivity index (χ2v) is 42.8. The van der Waals surface area contributed by atoms with E-state index in [4.69, 9.17) is 41.5 Å². The molecule has 0 saturated carbocycles. The van der Waals surface area contributed by atoms with Gasteiger partial charge in [0.15, 0.2) is 0 Å². The minimum atomic E-state index is -5.42. The van der Waals surface area contributed by atoms with Crippen LogP contribution >= 0.6 is 31.3 Å². The third kappa shape index (κ3) is 19.2. The molecule has 4 aliphatic rings. The van der Waals surface area contributed by atoms with E-state index in [1.807, 2.05) is 36.4 Å². The number of halogens is 12. The molecule has 744 valence electrons. The van der Waals surface area contributed by atoms with Gasteiger partial charge in [-0.05, 0) is 195 Å². The number of rotatable bonds is 12. The molecule has 4 atom stereocenters. The van der Waals surface area contributed by atoms with Gasteiger partial charge < -0.3 is 36.2 Å². The predicted octanol–water partition coefficient (Wildman–Crippen LogP) is 35.5. The molecule has 0 amide bonds. The third-order valence-electron chi connectivity index (χ3n) is 26.0. The zero-order valence-corrected chi connectivity index (χ0v) is 83.2. The fourth-order valence-corrected chi connectivity index (χ4v) is 23.0.